The summed E-state index contributed by atoms with van der Waals surface area (Å²) in [6.45, 7) is 9.01. The Morgan fingerprint density at radius 2 is 1.90 bits per heavy atom. The van der Waals surface area contributed by atoms with Crippen molar-refractivity contribution in [2.45, 2.75) is 13.8 Å². The van der Waals surface area contributed by atoms with Crippen LogP contribution in [0.4, 0.5) is 0 Å². The van der Waals surface area contributed by atoms with Crippen LogP contribution in [0, 0.1) is 0 Å². The number of rotatable bonds is 6. The summed E-state index contributed by atoms with van der Waals surface area (Å²) < 4.78 is 5.62. The Balaban J connectivity index is 2.00. The second-order valence-corrected chi connectivity index (χ2v) is 5.16. The number of hydrogen-bond donors (Lipinski definition) is 0. The lowest BCUT2D eigenvalue weighted by atomic mass is 10.1. The molecule has 0 atom stereocenters. The average Bonchev–Trinajstić information content (AvgIpc) is 2.49. The fraction of sp³-hybridized carbons (Fsp3) is 0.278. The lowest BCUT2D eigenvalue weighted by molar-refractivity contribution is -0.132. The highest BCUT2D eigenvalue weighted by Gasteiger charge is 2.12. The number of carbonyl (C=O) groups is 1. The van der Waals surface area contributed by atoms with Gasteiger partial charge in [0.05, 0.1) is 0 Å². The molecule has 0 bridgehead atoms. The van der Waals surface area contributed by atoms with E-state index in [0.29, 0.717) is 18.8 Å². The number of ether oxygens (including phenoxy) is 1. The van der Waals surface area contributed by atoms with Crippen molar-refractivity contribution in [3.63, 3.8) is 0 Å². The van der Waals surface area contributed by atoms with Crippen molar-refractivity contribution in [2.24, 2.45) is 0 Å². The molecule has 2 aromatic carbocycles. The van der Waals surface area contributed by atoms with Crippen LogP contribution in [-0.4, -0.2) is 30.5 Å². The summed E-state index contributed by atoms with van der Waals surface area (Å²) in [5.74, 6) is 0.696. The van der Waals surface area contributed by atoms with Crippen molar-refractivity contribution < 1.29 is 9.53 Å². The Hall–Kier alpha value is -2.29. The highest BCUT2D eigenvalue weighted by Crippen LogP contribution is 2.20. The Morgan fingerprint density at radius 1 is 1.19 bits per heavy atom. The number of carbonyl (C=O) groups excluding carboxylic acids is 1. The molecule has 0 radical (unpaired) electrons. The second-order valence-electron chi connectivity index (χ2n) is 5.16. The van der Waals surface area contributed by atoms with Crippen molar-refractivity contribution in [3.05, 3.63) is 54.6 Å². The Bertz CT molecular complexity index is 648. The van der Waals surface area contributed by atoms with E-state index in [1.807, 2.05) is 50.2 Å². The number of fused-ring (bicyclic) bond motifs is 1. The van der Waals surface area contributed by atoms with E-state index in [1.54, 1.807) is 4.90 Å². The second kappa shape index (κ2) is 6.93. The van der Waals surface area contributed by atoms with Crippen LogP contribution in [0.25, 0.3) is 10.8 Å². The number of amides is 1. The smallest absolute Gasteiger partial charge is 0.260 e. The summed E-state index contributed by atoms with van der Waals surface area (Å²) in [5, 5.41) is 2.27. The molecule has 0 aliphatic heterocycles. The predicted octanol–water partition coefficient (Wildman–Crippen LogP) is 3.64. The van der Waals surface area contributed by atoms with Gasteiger partial charge in [-0.25, -0.2) is 0 Å². The van der Waals surface area contributed by atoms with Crippen molar-refractivity contribution in [2.75, 3.05) is 19.7 Å². The van der Waals surface area contributed by atoms with Gasteiger partial charge in [0.25, 0.3) is 5.91 Å². The van der Waals surface area contributed by atoms with Gasteiger partial charge in [-0.05, 0) is 36.8 Å². The van der Waals surface area contributed by atoms with Crippen molar-refractivity contribution in [1.82, 2.24) is 4.90 Å². The first kappa shape index (κ1) is 15.1. The number of likely N-dealkylation sites (N-methyl/N-ethyl adjacent to an activating group) is 1. The molecule has 21 heavy (non-hydrogen) atoms. The first-order chi connectivity index (χ1) is 10.1. The molecule has 0 aliphatic carbocycles. The highest BCUT2D eigenvalue weighted by atomic mass is 16.5. The standard InChI is InChI=1S/C18H21NO2/c1-4-19(12-14(2)3)18(20)13-21-17-10-9-15-7-5-6-8-16(15)11-17/h5-11H,2,4,12-13H2,1,3H3. The minimum Gasteiger partial charge on any atom is -0.484 e. The van der Waals surface area contributed by atoms with Crippen LogP contribution in [0.2, 0.25) is 0 Å². The highest BCUT2D eigenvalue weighted by molar-refractivity contribution is 5.84. The molecular formula is C18H21NO2. The fourth-order valence-corrected chi connectivity index (χ4v) is 2.20. The molecule has 0 heterocycles. The summed E-state index contributed by atoms with van der Waals surface area (Å²) in [4.78, 5) is 13.8. The third-order valence-corrected chi connectivity index (χ3v) is 3.28. The van der Waals surface area contributed by atoms with Crippen molar-refractivity contribution in [1.29, 1.82) is 0 Å². The summed E-state index contributed by atoms with van der Waals surface area (Å²) in [6.07, 6.45) is 0. The molecule has 0 spiro atoms. The van der Waals surface area contributed by atoms with Crippen LogP contribution >= 0.6 is 0 Å². The van der Waals surface area contributed by atoms with Gasteiger partial charge >= 0.3 is 0 Å². The van der Waals surface area contributed by atoms with Crippen LogP contribution < -0.4 is 4.74 Å². The van der Waals surface area contributed by atoms with Crippen molar-refractivity contribution in [3.8, 4) is 5.75 Å². The van der Waals surface area contributed by atoms with Gasteiger partial charge in [0.2, 0.25) is 0 Å². The fourth-order valence-electron chi connectivity index (χ4n) is 2.20. The van der Waals surface area contributed by atoms with Gasteiger partial charge in [0.15, 0.2) is 6.61 Å². The van der Waals surface area contributed by atoms with Crippen LogP contribution in [0.3, 0.4) is 0 Å². The molecule has 0 aliphatic rings. The predicted molar refractivity (Wildman–Crippen MR) is 86.5 cm³/mol. The topological polar surface area (TPSA) is 29.5 Å². The number of benzene rings is 2. The first-order valence-corrected chi connectivity index (χ1v) is 7.14. The van der Waals surface area contributed by atoms with E-state index in [1.165, 1.54) is 0 Å². The molecule has 3 heteroatoms. The maximum atomic E-state index is 12.1. The zero-order chi connectivity index (χ0) is 15.2. The van der Waals surface area contributed by atoms with E-state index in [2.05, 4.69) is 12.6 Å². The van der Waals surface area contributed by atoms with Crippen LogP contribution in [0.1, 0.15) is 13.8 Å². The van der Waals surface area contributed by atoms with Gasteiger partial charge in [-0.2, -0.15) is 0 Å². The molecule has 0 N–H and O–H groups in total. The molecule has 0 saturated carbocycles. The lowest BCUT2D eigenvalue weighted by Crippen LogP contribution is -2.35. The quantitative estimate of drug-likeness (QED) is 0.757. The van der Waals surface area contributed by atoms with E-state index in [9.17, 15) is 4.79 Å². The van der Waals surface area contributed by atoms with E-state index in [4.69, 9.17) is 4.74 Å². The molecule has 1 amide bonds. The van der Waals surface area contributed by atoms with E-state index >= 15 is 0 Å². The molecule has 110 valence electrons. The molecule has 0 fully saturated rings. The summed E-state index contributed by atoms with van der Waals surface area (Å²) >= 11 is 0. The third-order valence-electron chi connectivity index (χ3n) is 3.28. The normalized spacial score (nSPS) is 10.4. The number of hydrogen-bond acceptors (Lipinski definition) is 2. The molecule has 2 rings (SSSR count). The molecule has 0 aromatic heterocycles. The van der Waals surface area contributed by atoms with E-state index in [-0.39, 0.29) is 12.5 Å². The zero-order valence-electron chi connectivity index (χ0n) is 12.6. The molecule has 0 saturated heterocycles. The Morgan fingerprint density at radius 3 is 2.57 bits per heavy atom. The third kappa shape index (κ3) is 4.09. The maximum Gasteiger partial charge on any atom is 0.260 e. The maximum absolute atomic E-state index is 12.1. The molecule has 0 unspecified atom stereocenters. The summed E-state index contributed by atoms with van der Waals surface area (Å²) in [5.41, 5.74) is 0.968. The molecule has 2 aromatic rings. The minimum atomic E-state index is -0.0198. The average molecular weight is 283 g/mol. The Labute approximate surface area is 125 Å². The largest absolute Gasteiger partial charge is 0.484 e. The van der Waals surface area contributed by atoms with Crippen LogP contribution in [-0.2, 0) is 4.79 Å². The minimum absolute atomic E-state index is 0.0198. The van der Waals surface area contributed by atoms with E-state index < -0.39 is 0 Å². The van der Waals surface area contributed by atoms with Gasteiger partial charge in [-0.1, -0.05) is 42.5 Å². The number of nitrogens with zero attached hydrogens (tertiary/aromatic N) is 1. The summed E-state index contributed by atoms with van der Waals surface area (Å²) in [6, 6.07) is 13.9. The first-order valence-electron chi connectivity index (χ1n) is 7.14. The lowest BCUT2D eigenvalue weighted by Gasteiger charge is -2.21. The zero-order valence-corrected chi connectivity index (χ0v) is 12.6. The van der Waals surface area contributed by atoms with Crippen LogP contribution in [0.5, 0.6) is 5.75 Å². The Kier molecular flexibility index (Phi) is 4.99. The SMILES string of the molecule is C=C(C)CN(CC)C(=O)COc1ccc2ccccc2c1. The monoisotopic (exact) mass is 283 g/mol. The van der Waals surface area contributed by atoms with Crippen LogP contribution in [0.15, 0.2) is 54.6 Å². The van der Waals surface area contributed by atoms with Gasteiger partial charge < -0.3 is 9.64 Å². The summed E-state index contributed by atoms with van der Waals surface area (Å²) in [7, 11) is 0. The van der Waals surface area contributed by atoms with Gasteiger partial charge in [0.1, 0.15) is 5.75 Å². The van der Waals surface area contributed by atoms with E-state index in [0.717, 1.165) is 16.3 Å². The van der Waals surface area contributed by atoms with Gasteiger partial charge in [-0.15, -0.1) is 0 Å². The van der Waals surface area contributed by atoms with Gasteiger partial charge in [-0.3, -0.25) is 4.79 Å². The van der Waals surface area contributed by atoms with Crippen molar-refractivity contribution >= 4 is 16.7 Å². The molecular weight excluding hydrogens is 262 g/mol. The van der Waals surface area contributed by atoms with Gasteiger partial charge in [0, 0.05) is 13.1 Å². The molecule has 3 nitrogen and oxygen atoms in total.